The number of nitriles is 1. The minimum absolute atomic E-state index is 0.149. The van der Waals surface area contributed by atoms with Gasteiger partial charge in [-0.2, -0.15) is 5.26 Å². The molecule has 1 saturated carbocycles. The Hall–Kier alpha value is -1.73. The van der Waals surface area contributed by atoms with Crippen LogP contribution >= 0.6 is 0 Å². The Morgan fingerprint density at radius 3 is 2.84 bits per heavy atom. The summed E-state index contributed by atoms with van der Waals surface area (Å²) in [5, 5.41) is 12.9. The van der Waals surface area contributed by atoms with E-state index in [1.807, 2.05) is 24.3 Å². The highest BCUT2D eigenvalue weighted by molar-refractivity contribution is 5.59. The van der Waals surface area contributed by atoms with E-state index in [9.17, 15) is 5.26 Å². The van der Waals surface area contributed by atoms with Gasteiger partial charge in [-0.25, -0.2) is 0 Å². The van der Waals surface area contributed by atoms with Gasteiger partial charge in [-0.05, 0) is 31.4 Å². The molecule has 4 nitrogen and oxygen atoms in total. The molecule has 1 fully saturated rings. The molecule has 0 amide bonds. The van der Waals surface area contributed by atoms with Crippen molar-refractivity contribution in [2.45, 2.75) is 37.3 Å². The number of anilines is 1. The fraction of sp³-hybridized carbons (Fsp3) is 0.533. The number of hydrogen-bond donors (Lipinski definition) is 1. The molecule has 0 aliphatic heterocycles. The summed E-state index contributed by atoms with van der Waals surface area (Å²) in [6, 6.07) is 10.1. The third-order valence-electron chi connectivity index (χ3n) is 3.73. The quantitative estimate of drug-likeness (QED) is 0.904. The van der Waals surface area contributed by atoms with E-state index in [-0.39, 0.29) is 6.10 Å². The Kier molecular flexibility index (Phi) is 4.28. The van der Waals surface area contributed by atoms with Crippen LogP contribution in [0.2, 0.25) is 0 Å². The first-order valence-corrected chi connectivity index (χ1v) is 6.58. The summed E-state index contributed by atoms with van der Waals surface area (Å²) >= 11 is 0. The van der Waals surface area contributed by atoms with Gasteiger partial charge in [0.25, 0.3) is 0 Å². The summed E-state index contributed by atoms with van der Waals surface area (Å²) in [5.74, 6) is 0.761. The van der Waals surface area contributed by atoms with Crippen LogP contribution in [0.1, 0.15) is 25.7 Å². The van der Waals surface area contributed by atoms with Gasteiger partial charge in [0.1, 0.15) is 11.3 Å². The largest absolute Gasteiger partial charge is 0.495 e. The van der Waals surface area contributed by atoms with Gasteiger partial charge in [0.05, 0.1) is 25.0 Å². The predicted molar refractivity (Wildman–Crippen MR) is 74.2 cm³/mol. The second-order valence-corrected chi connectivity index (χ2v) is 4.97. The number of nitrogens with zero attached hydrogens (tertiary/aromatic N) is 1. The Labute approximate surface area is 114 Å². The highest BCUT2D eigenvalue weighted by atomic mass is 16.5. The summed E-state index contributed by atoms with van der Waals surface area (Å²) in [6.45, 7) is 0. The maximum Gasteiger partial charge on any atom is 0.141 e. The second-order valence-electron chi connectivity index (χ2n) is 4.97. The average Bonchev–Trinajstić information content (AvgIpc) is 2.48. The fourth-order valence-corrected chi connectivity index (χ4v) is 2.67. The zero-order valence-electron chi connectivity index (χ0n) is 11.5. The molecule has 19 heavy (non-hydrogen) atoms. The monoisotopic (exact) mass is 260 g/mol. The first-order valence-electron chi connectivity index (χ1n) is 6.58. The number of ether oxygens (including phenoxy) is 2. The van der Waals surface area contributed by atoms with Crippen molar-refractivity contribution in [3.8, 4) is 11.8 Å². The third-order valence-corrected chi connectivity index (χ3v) is 3.73. The molecule has 2 rings (SSSR count). The smallest absolute Gasteiger partial charge is 0.141 e. The second kappa shape index (κ2) is 5.94. The van der Waals surface area contributed by atoms with Gasteiger partial charge in [-0.3, -0.25) is 0 Å². The first kappa shape index (κ1) is 13.7. The zero-order valence-corrected chi connectivity index (χ0v) is 11.5. The summed E-state index contributed by atoms with van der Waals surface area (Å²) < 4.78 is 10.7. The Balaban J connectivity index is 2.21. The number of rotatable bonds is 4. The van der Waals surface area contributed by atoms with Gasteiger partial charge in [0.2, 0.25) is 0 Å². The van der Waals surface area contributed by atoms with Gasteiger partial charge < -0.3 is 14.8 Å². The SMILES string of the molecule is COc1ccccc1NC1(C#N)CCCC(OC)C1. The summed E-state index contributed by atoms with van der Waals surface area (Å²) in [5.41, 5.74) is 0.302. The van der Waals surface area contributed by atoms with E-state index in [2.05, 4.69) is 11.4 Å². The standard InChI is InChI=1S/C15H20N2O2/c1-18-12-6-5-9-15(10-12,11-16)17-13-7-3-4-8-14(13)19-2/h3-4,7-8,12,17H,5-6,9-10H2,1-2H3. The molecule has 0 spiro atoms. The lowest BCUT2D eigenvalue weighted by Gasteiger charge is -2.36. The lowest BCUT2D eigenvalue weighted by atomic mass is 9.81. The number of nitrogens with one attached hydrogen (secondary N) is 1. The van der Waals surface area contributed by atoms with Crippen molar-refractivity contribution in [1.82, 2.24) is 0 Å². The van der Waals surface area contributed by atoms with Gasteiger partial charge in [-0.15, -0.1) is 0 Å². The maximum atomic E-state index is 9.57. The molecule has 4 heteroatoms. The molecular weight excluding hydrogens is 240 g/mol. The fourth-order valence-electron chi connectivity index (χ4n) is 2.67. The highest BCUT2D eigenvalue weighted by Gasteiger charge is 2.37. The van der Waals surface area contributed by atoms with Crippen LogP contribution < -0.4 is 10.1 Å². The van der Waals surface area contributed by atoms with E-state index in [4.69, 9.17) is 9.47 Å². The van der Waals surface area contributed by atoms with E-state index in [1.165, 1.54) is 0 Å². The van der Waals surface area contributed by atoms with E-state index in [1.54, 1.807) is 14.2 Å². The third kappa shape index (κ3) is 2.99. The lowest BCUT2D eigenvalue weighted by Crippen LogP contribution is -2.43. The molecule has 1 aromatic rings. The summed E-state index contributed by atoms with van der Waals surface area (Å²) in [4.78, 5) is 0. The molecule has 2 atom stereocenters. The minimum Gasteiger partial charge on any atom is -0.495 e. The van der Waals surface area contributed by atoms with Crippen LogP contribution in [0.15, 0.2) is 24.3 Å². The summed E-state index contributed by atoms with van der Waals surface area (Å²) in [6.07, 6.45) is 3.71. The van der Waals surface area contributed by atoms with E-state index < -0.39 is 5.54 Å². The normalized spacial score (nSPS) is 26.5. The van der Waals surface area contributed by atoms with Crippen LogP contribution in [0, 0.1) is 11.3 Å². The Bertz CT molecular complexity index is 469. The lowest BCUT2D eigenvalue weighted by molar-refractivity contribution is 0.0568. The van der Waals surface area contributed by atoms with Crippen molar-refractivity contribution in [3.63, 3.8) is 0 Å². The van der Waals surface area contributed by atoms with Gasteiger partial charge in [-0.1, -0.05) is 12.1 Å². The Morgan fingerprint density at radius 1 is 1.37 bits per heavy atom. The topological polar surface area (TPSA) is 54.3 Å². The Morgan fingerprint density at radius 2 is 2.16 bits per heavy atom. The van der Waals surface area contributed by atoms with Crippen molar-refractivity contribution in [1.29, 1.82) is 5.26 Å². The molecule has 1 aliphatic rings. The van der Waals surface area contributed by atoms with Crippen LogP contribution in [0.25, 0.3) is 0 Å². The van der Waals surface area contributed by atoms with E-state index in [0.717, 1.165) is 30.7 Å². The zero-order chi connectivity index (χ0) is 13.7. The number of benzene rings is 1. The predicted octanol–water partition coefficient (Wildman–Crippen LogP) is 2.96. The van der Waals surface area contributed by atoms with Crippen molar-refractivity contribution < 1.29 is 9.47 Å². The molecule has 0 saturated heterocycles. The molecule has 0 bridgehead atoms. The summed E-state index contributed by atoms with van der Waals surface area (Å²) in [7, 11) is 3.35. The van der Waals surface area contributed by atoms with Gasteiger partial charge in [0, 0.05) is 13.5 Å². The molecule has 1 aromatic carbocycles. The highest BCUT2D eigenvalue weighted by Crippen LogP contribution is 2.35. The molecule has 0 aromatic heterocycles. The van der Waals surface area contributed by atoms with Gasteiger partial charge in [0.15, 0.2) is 0 Å². The molecule has 102 valence electrons. The van der Waals surface area contributed by atoms with Crippen LogP contribution in [0.4, 0.5) is 5.69 Å². The van der Waals surface area contributed by atoms with Crippen molar-refractivity contribution in [2.24, 2.45) is 0 Å². The van der Waals surface area contributed by atoms with Crippen LogP contribution in [-0.4, -0.2) is 25.9 Å². The minimum atomic E-state index is -0.562. The van der Waals surface area contributed by atoms with Crippen molar-refractivity contribution >= 4 is 5.69 Å². The molecule has 2 unspecified atom stereocenters. The van der Waals surface area contributed by atoms with E-state index in [0.29, 0.717) is 6.42 Å². The van der Waals surface area contributed by atoms with Crippen LogP contribution in [-0.2, 0) is 4.74 Å². The first-order chi connectivity index (χ1) is 9.23. The van der Waals surface area contributed by atoms with Crippen LogP contribution in [0.5, 0.6) is 5.75 Å². The van der Waals surface area contributed by atoms with Crippen LogP contribution in [0.3, 0.4) is 0 Å². The number of para-hydroxylation sites is 2. The average molecular weight is 260 g/mol. The number of hydrogen-bond acceptors (Lipinski definition) is 4. The molecule has 0 radical (unpaired) electrons. The number of methoxy groups -OCH3 is 2. The van der Waals surface area contributed by atoms with Gasteiger partial charge >= 0.3 is 0 Å². The van der Waals surface area contributed by atoms with Crippen molar-refractivity contribution in [3.05, 3.63) is 24.3 Å². The molecule has 0 heterocycles. The van der Waals surface area contributed by atoms with Crippen molar-refractivity contribution in [2.75, 3.05) is 19.5 Å². The molecule has 1 N–H and O–H groups in total. The maximum absolute atomic E-state index is 9.57. The molecule has 1 aliphatic carbocycles. The molecular formula is C15H20N2O2. The van der Waals surface area contributed by atoms with E-state index >= 15 is 0 Å².